The molecule has 9 heteroatoms. The number of amides is 1. The Balaban J connectivity index is 1.92. The Kier molecular flexibility index (Phi) is 4.34. The number of para-hydroxylation sites is 1. The molecule has 0 saturated heterocycles. The first-order valence-electron chi connectivity index (χ1n) is 6.92. The summed E-state index contributed by atoms with van der Waals surface area (Å²) in [5.41, 5.74) is -0.546. The van der Waals surface area contributed by atoms with E-state index in [9.17, 15) is 18.0 Å². The van der Waals surface area contributed by atoms with E-state index >= 15 is 0 Å². The molecule has 0 aliphatic heterocycles. The summed E-state index contributed by atoms with van der Waals surface area (Å²) in [6.07, 6.45) is 0. The van der Waals surface area contributed by atoms with Gasteiger partial charge >= 0.3 is 5.63 Å². The number of rotatable bonds is 3. The SMILES string of the molecule is NS(=O)(=O)c1ccc(NC(=O)c2cc3cccc(Cl)c3oc2=O)cc1. The molecular formula is C16H11ClN2O5S. The van der Waals surface area contributed by atoms with Gasteiger partial charge in [-0.2, -0.15) is 0 Å². The van der Waals surface area contributed by atoms with Gasteiger partial charge in [0, 0.05) is 11.1 Å². The minimum atomic E-state index is -3.83. The Morgan fingerprint density at radius 3 is 2.44 bits per heavy atom. The van der Waals surface area contributed by atoms with Crippen LogP contribution in [0.15, 0.2) is 62.6 Å². The minimum absolute atomic E-state index is 0.0923. The van der Waals surface area contributed by atoms with Gasteiger partial charge in [0.25, 0.3) is 5.91 Å². The first kappa shape index (κ1) is 17.2. The molecule has 0 bridgehead atoms. The van der Waals surface area contributed by atoms with E-state index in [-0.39, 0.29) is 21.1 Å². The van der Waals surface area contributed by atoms with Crippen LogP contribution >= 0.6 is 11.6 Å². The number of carbonyl (C=O) groups is 1. The van der Waals surface area contributed by atoms with Crippen molar-refractivity contribution in [3.8, 4) is 0 Å². The van der Waals surface area contributed by atoms with Crippen LogP contribution in [0.2, 0.25) is 5.02 Å². The number of benzene rings is 2. The summed E-state index contributed by atoms with van der Waals surface area (Å²) in [7, 11) is -3.83. The van der Waals surface area contributed by atoms with Crippen LogP contribution in [-0.4, -0.2) is 14.3 Å². The molecule has 0 fully saturated rings. The van der Waals surface area contributed by atoms with Crippen molar-refractivity contribution in [3.63, 3.8) is 0 Å². The molecule has 3 N–H and O–H groups in total. The van der Waals surface area contributed by atoms with Crippen molar-refractivity contribution >= 4 is 44.2 Å². The number of halogens is 1. The van der Waals surface area contributed by atoms with E-state index in [2.05, 4.69) is 5.32 Å². The number of sulfonamides is 1. The van der Waals surface area contributed by atoms with E-state index in [1.54, 1.807) is 18.2 Å². The van der Waals surface area contributed by atoms with Crippen molar-refractivity contribution in [3.05, 3.63) is 69.5 Å². The Labute approximate surface area is 147 Å². The van der Waals surface area contributed by atoms with E-state index in [1.165, 1.54) is 30.3 Å². The number of primary sulfonamides is 1. The van der Waals surface area contributed by atoms with Crippen LogP contribution in [-0.2, 0) is 10.0 Å². The molecule has 3 aromatic rings. The number of nitrogens with two attached hydrogens (primary N) is 1. The van der Waals surface area contributed by atoms with Crippen molar-refractivity contribution < 1.29 is 17.6 Å². The van der Waals surface area contributed by atoms with Gasteiger partial charge in [0.05, 0.1) is 9.92 Å². The highest BCUT2D eigenvalue weighted by Gasteiger charge is 2.15. The molecule has 0 unspecified atom stereocenters. The summed E-state index contributed by atoms with van der Waals surface area (Å²) in [5, 5.41) is 8.26. The molecule has 128 valence electrons. The predicted octanol–water partition coefficient (Wildman–Crippen LogP) is 2.35. The Hall–Kier alpha value is -2.68. The lowest BCUT2D eigenvalue weighted by atomic mass is 10.1. The van der Waals surface area contributed by atoms with Gasteiger partial charge in [-0.15, -0.1) is 0 Å². The van der Waals surface area contributed by atoms with Gasteiger partial charge < -0.3 is 9.73 Å². The maximum Gasteiger partial charge on any atom is 0.349 e. The summed E-state index contributed by atoms with van der Waals surface area (Å²) >= 11 is 5.95. The van der Waals surface area contributed by atoms with Gasteiger partial charge in [-0.05, 0) is 36.4 Å². The van der Waals surface area contributed by atoms with Crippen LogP contribution in [0.4, 0.5) is 5.69 Å². The number of nitrogens with one attached hydrogen (secondary N) is 1. The zero-order valence-corrected chi connectivity index (χ0v) is 14.1. The van der Waals surface area contributed by atoms with Crippen molar-refractivity contribution in [1.29, 1.82) is 0 Å². The fraction of sp³-hybridized carbons (Fsp3) is 0. The molecule has 0 aliphatic carbocycles. The second-order valence-electron chi connectivity index (χ2n) is 5.13. The number of hydrogen-bond donors (Lipinski definition) is 2. The Morgan fingerprint density at radius 2 is 1.80 bits per heavy atom. The van der Waals surface area contributed by atoms with Gasteiger partial charge in [0.2, 0.25) is 10.0 Å². The summed E-state index contributed by atoms with van der Waals surface area (Å²) in [6, 6.07) is 11.5. The molecule has 0 spiro atoms. The molecule has 1 heterocycles. The summed E-state index contributed by atoms with van der Waals surface area (Å²) in [4.78, 5) is 24.2. The molecule has 1 aromatic heterocycles. The zero-order chi connectivity index (χ0) is 18.2. The molecular weight excluding hydrogens is 368 g/mol. The third-order valence-corrected chi connectivity index (χ3v) is 4.62. The fourth-order valence-corrected chi connectivity index (χ4v) is 2.93. The van der Waals surface area contributed by atoms with Gasteiger partial charge in [-0.3, -0.25) is 4.79 Å². The third kappa shape index (κ3) is 3.55. The smallest absolute Gasteiger partial charge is 0.349 e. The highest BCUT2D eigenvalue weighted by molar-refractivity contribution is 7.89. The molecule has 0 atom stereocenters. The number of carbonyl (C=O) groups excluding carboxylic acids is 1. The highest BCUT2D eigenvalue weighted by Crippen LogP contribution is 2.22. The fourth-order valence-electron chi connectivity index (χ4n) is 2.19. The summed E-state index contributed by atoms with van der Waals surface area (Å²) < 4.78 is 27.5. The molecule has 0 saturated carbocycles. The van der Waals surface area contributed by atoms with Crippen LogP contribution in [0.25, 0.3) is 11.0 Å². The maximum absolute atomic E-state index is 12.3. The van der Waals surface area contributed by atoms with Crippen LogP contribution in [0.1, 0.15) is 10.4 Å². The average molecular weight is 379 g/mol. The Morgan fingerprint density at radius 1 is 1.12 bits per heavy atom. The summed E-state index contributed by atoms with van der Waals surface area (Å²) in [5.74, 6) is -0.695. The van der Waals surface area contributed by atoms with Crippen LogP contribution in [0.3, 0.4) is 0 Å². The highest BCUT2D eigenvalue weighted by atomic mass is 35.5. The lowest BCUT2D eigenvalue weighted by Crippen LogP contribution is -2.20. The molecule has 25 heavy (non-hydrogen) atoms. The summed E-state index contributed by atoms with van der Waals surface area (Å²) in [6.45, 7) is 0. The maximum atomic E-state index is 12.3. The quantitative estimate of drug-likeness (QED) is 0.678. The van der Waals surface area contributed by atoms with Crippen LogP contribution in [0, 0.1) is 0 Å². The molecule has 0 aliphatic rings. The first-order chi connectivity index (χ1) is 11.8. The molecule has 3 rings (SSSR count). The predicted molar refractivity (Wildman–Crippen MR) is 93.3 cm³/mol. The van der Waals surface area contributed by atoms with Gasteiger partial charge in [-0.1, -0.05) is 23.7 Å². The topological polar surface area (TPSA) is 119 Å². The van der Waals surface area contributed by atoms with Gasteiger partial charge in [0.15, 0.2) is 5.58 Å². The number of hydrogen-bond acceptors (Lipinski definition) is 5. The third-order valence-electron chi connectivity index (χ3n) is 3.40. The van der Waals surface area contributed by atoms with Gasteiger partial charge in [-0.25, -0.2) is 18.4 Å². The average Bonchev–Trinajstić information content (AvgIpc) is 2.55. The van der Waals surface area contributed by atoms with E-state index in [0.29, 0.717) is 11.1 Å². The van der Waals surface area contributed by atoms with Crippen molar-refractivity contribution in [2.24, 2.45) is 5.14 Å². The van der Waals surface area contributed by atoms with Crippen molar-refractivity contribution in [2.45, 2.75) is 4.90 Å². The normalized spacial score (nSPS) is 11.4. The largest absolute Gasteiger partial charge is 0.421 e. The number of fused-ring (bicyclic) bond motifs is 1. The lowest BCUT2D eigenvalue weighted by molar-refractivity contribution is 0.102. The lowest BCUT2D eigenvalue weighted by Gasteiger charge is -2.06. The Bertz CT molecular complexity index is 1140. The monoisotopic (exact) mass is 378 g/mol. The molecule has 7 nitrogen and oxygen atoms in total. The second kappa shape index (κ2) is 6.32. The zero-order valence-electron chi connectivity index (χ0n) is 12.5. The van der Waals surface area contributed by atoms with Crippen molar-refractivity contribution in [2.75, 3.05) is 5.32 Å². The van der Waals surface area contributed by atoms with E-state index in [4.69, 9.17) is 21.2 Å². The van der Waals surface area contributed by atoms with Gasteiger partial charge in [0.1, 0.15) is 5.56 Å². The van der Waals surface area contributed by atoms with E-state index in [1.807, 2.05) is 0 Å². The minimum Gasteiger partial charge on any atom is -0.421 e. The van der Waals surface area contributed by atoms with Crippen LogP contribution < -0.4 is 16.1 Å². The van der Waals surface area contributed by atoms with Crippen molar-refractivity contribution in [1.82, 2.24) is 0 Å². The molecule has 2 aromatic carbocycles. The number of anilines is 1. The van der Waals surface area contributed by atoms with E-state index < -0.39 is 21.6 Å². The van der Waals surface area contributed by atoms with E-state index in [0.717, 1.165) is 0 Å². The second-order valence-corrected chi connectivity index (χ2v) is 7.10. The van der Waals surface area contributed by atoms with Crippen LogP contribution in [0.5, 0.6) is 0 Å². The molecule has 1 amide bonds. The molecule has 0 radical (unpaired) electrons. The first-order valence-corrected chi connectivity index (χ1v) is 8.85. The standard InChI is InChI=1S/C16H11ClN2O5S/c17-13-3-1-2-9-8-12(16(21)24-14(9)13)15(20)19-10-4-6-11(7-5-10)25(18,22)23/h1-8H,(H,19,20)(H2,18,22,23).